The van der Waals surface area contributed by atoms with Gasteiger partial charge in [0.1, 0.15) is 4.32 Å². The lowest BCUT2D eigenvalue weighted by Crippen LogP contribution is -2.31. The number of halogens is 4. The first-order valence-electron chi connectivity index (χ1n) is 8.20. The molecule has 2 amide bonds. The highest BCUT2D eigenvalue weighted by Crippen LogP contribution is 2.34. The van der Waals surface area contributed by atoms with Gasteiger partial charge in [-0.2, -0.15) is 0 Å². The van der Waals surface area contributed by atoms with E-state index in [0.29, 0.717) is 19.9 Å². The fraction of sp³-hybridized carbons (Fsp3) is 0.105. The Labute approximate surface area is 197 Å². The van der Waals surface area contributed by atoms with Crippen molar-refractivity contribution in [2.24, 2.45) is 0 Å². The van der Waals surface area contributed by atoms with Crippen molar-refractivity contribution in [2.45, 2.75) is 6.42 Å². The third-order valence-corrected chi connectivity index (χ3v) is 6.67. The van der Waals surface area contributed by atoms with Crippen molar-refractivity contribution in [1.29, 1.82) is 0 Å². The van der Waals surface area contributed by atoms with E-state index < -0.39 is 0 Å². The summed E-state index contributed by atoms with van der Waals surface area (Å²) in [5, 5.41) is 4.02. The van der Waals surface area contributed by atoms with Gasteiger partial charge >= 0.3 is 0 Å². The first-order valence-corrected chi connectivity index (χ1v) is 10.9. The molecule has 1 aliphatic heterocycles. The summed E-state index contributed by atoms with van der Waals surface area (Å²) in [6.45, 7) is 0.134. The van der Waals surface area contributed by atoms with Gasteiger partial charge in [0, 0.05) is 18.0 Å². The molecule has 0 bridgehead atoms. The summed E-state index contributed by atoms with van der Waals surface area (Å²) in [6, 6.07) is 10.1. The SMILES string of the molecule is O=C(CCN1C(=O)/C(=C\c2ccccc2Cl)SC1=S)Nc1cc(Cl)c(Cl)cc1Cl. The van der Waals surface area contributed by atoms with E-state index in [9.17, 15) is 9.59 Å². The minimum atomic E-state index is -0.338. The monoisotopic (exact) mass is 504 g/mol. The Morgan fingerprint density at radius 2 is 1.76 bits per heavy atom. The number of rotatable bonds is 5. The lowest BCUT2D eigenvalue weighted by atomic mass is 10.2. The summed E-state index contributed by atoms with van der Waals surface area (Å²) >= 11 is 30.5. The topological polar surface area (TPSA) is 49.4 Å². The molecular weight excluding hydrogens is 494 g/mol. The molecule has 4 nitrogen and oxygen atoms in total. The molecule has 0 aromatic heterocycles. The number of carbonyl (C=O) groups excluding carboxylic acids is 2. The Bertz CT molecular complexity index is 1040. The summed E-state index contributed by atoms with van der Waals surface area (Å²) < 4.78 is 0.383. The predicted octanol–water partition coefficient (Wildman–Crippen LogP) is 6.53. The molecule has 150 valence electrons. The lowest BCUT2D eigenvalue weighted by molar-refractivity contribution is -0.122. The number of anilines is 1. The van der Waals surface area contributed by atoms with E-state index in [1.165, 1.54) is 28.8 Å². The molecule has 2 aromatic carbocycles. The molecule has 29 heavy (non-hydrogen) atoms. The zero-order valence-corrected chi connectivity index (χ0v) is 19.2. The molecule has 0 atom stereocenters. The molecule has 1 N–H and O–H groups in total. The van der Waals surface area contributed by atoms with Gasteiger partial charge in [-0.05, 0) is 29.8 Å². The molecule has 1 saturated heterocycles. The van der Waals surface area contributed by atoms with E-state index in [2.05, 4.69) is 5.32 Å². The summed E-state index contributed by atoms with van der Waals surface area (Å²) in [5.74, 6) is -0.602. The minimum absolute atomic E-state index is 0.0301. The number of amides is 2. The molecule has 0 spiro atoms. The van der Waals surface area contributed by atoms with Crippen LogP contribution in [0.15, 0.2) is 41.3 Å². The van der Waals surface area contributed by atoms with Gasteiger partial charge in [-0.15, -0.1) is 0 Å². The van der Waals surface area contributed by atoms with Gasteiger partial charge < -0.3 is 5.32 Å². The summed E-state index contributed by atoms with van der Waals surface area (Å²) in [7, 11) is 0. The van der Waals surface area contributed by atoms with Crippen LogP contribution in [0, 0.1) is 0 Å². The molecule has 10 heteroatoms. The summed E-state index contributed by atoms with van der Waals surface area (Å²) in [5.41, 5.74) is 1.07. The first kappa shape index (κ1) is 22.4. The predicted molar refractivity (Wildman–Crippen MR) is 126 cm³/mol. The first-order chi connectivity index (χ1) is 13.8. The van der Waals surface area contributed by atoms with Gasteiger partial charge in [-0.1, -0.05) is 88.6 Å². The largest absolute Gasteiger partial charge is 0.325 e. The van der Waals surface area contributed by atoms with Gasteiger partial charge in [-0.3, -0.25) is 14.5 Å². The smallest absolute Gasteiger partial charge is 0.266 e. The fourth-order valence-corrected chi connectivity index (χ4v) is 4.55. The highest BCUT2D eigenvalue weighted by molar-refractivity contribution is 8.26. The summed E-state index contributed by atoms with van der Waals surface area (Å²) in [4.78, 5) is 26.8. The van der Waals surface area contributed by atoms with Crippen molar-refractivity contribution in [3.8, 4) is 0 Å². The second kappa shape index (κ2) is 9.69. The van der Waals surface area contributed by atoms with Crippen LogP contribution in [0.25, 0.3) is 6.08 Å². The van der Waals surface area contributed by atoms with Crippen LogP contribution >= 0.6 is 70.4 Å². The number of hydrogen-bond donors (Lipinski definition) is 1. The molecule has 1 aliphatic rings. The zero-order chi connectivity index (χ0) is 21.1. The number of nitrogens with zero attached hydrogens (tertiary/aromatic N) is 1. The van der Waals surface area contributed by atoms with Crippen LogP contribution in [-0.2, 0) is 9.59 Å². The van der Waals surface area contributed by atoms with Crippen molar-refractivity contribution >= 4 is 98.3 Å². The highest BCUT2D eigenvalue weighted by Gasteiger charge is 2.32. The number of thiocarbonyl (C=S) groups is 1. The molecule has 2 aromatic rings. The third-order valence-electron chi connectivity index (χ3n) is 3.91. The minimum Gasteiger partial charge on any atom is -0.325 e. The number of thioether (sulfide) groups is 1. The maximum atomic E-state index is 12.7. The quantitative estimate of drug-likeness (QED) is 0.285. The van der Waals surface area contributed by atoms with E-state index in [0.717, 1.165) is 5.56 Å². The molecule has 1 fully saturated rings. The molecule has 1 heterocycles. The number of nitrogens with one attached hydrogen (secondary N) is 1. The van der Waals surface area contributed by atoms with E-state index in [1.54, 1.807) is 12.1 Å². The van der Waals surface area contributed by atoms with Crippen LogP contribution in [0.2, 0.25) is 20.1 Å². The van der Waals surface area contributed by atoms with Gasteiger partial charge in [-0.25, -0.2) is 0 Å². The Kier molecular flexibility index (Phi) is 7.48. The molecular formula is C19H12Cl4N2O2S2. The zero-order valence-electron chi connectivity index (χ0n) is 14.5. The Balaban J connectivity index is 1.64. The maximum Gasteiger partial charge on any atom is 0.266 e. The Hall–Kier alpha value is -1.28. The number of benzene rings is 2. The second-order valence-electron chi connectivity index (χ2n) is 5.90. The third kappa shape index (κ3) is 5.45. The van der Waals surface area contributed by atoms with Crippen LogP contribution in [0.3, 0.4) is 0 Å². The Morgan fingerprint density at radius 1 is 1.07 bits per heavy atom. The van der Waals surface area contributed by atoms with Crippen molar-refractivity contribution in [2.75, 3.05) is 11.9 Å². The van der Waals surface area contributed by atoms with Gasteiger partial charge in [0.15, 0.2) is 0 Å². The lowest BCUT2D eigenvalue weighted by Gasteiger charge is -2.14. The van der Waals surface area contributed by atoms with Crippen LogP contribution in [0.1, 0.15) is 12.0 Å². The van der Waals surface area contributed by atoms with E-state index >= 15 is 0 Å². The van der Waals surface area contributed by atoms with Crippen LogP contribution in [0.5, 0.6) is 0 Å². The average Bonchev–Trinajstić information content (AvgIpc) is 2.93. The van der Waals surface area contributed by atoms with Gasteiger partial charge in [0.2, 0.25) is 5.91 Å². The molecule has 0 saturated carbocycles. The van der Waals surface area contributed by atoms with E-state index in [-0.39, 0.29) is 39.8 Å². The van der Waals surface area contributed by atoms with Gasteiger partial charge in [0.05, 0.1) is 25.7 Å². The molecule has 0 radical (unpaired) electrons. The van der Waals surface area contributed by atoms with Crippen molar-refractivity contribution in [3.63, 3.8) is 0 Å². The molecule has 3 rings (SSSR count). The standard InChI is InChI=1S/C19H12Cl4N2O2S2/c20-11-4-2-1-3-10(11)7-16-18(27)25(19(28)29-16)6-5-17(26)24-15-9-13(22)12(21)8-14(15)23/h1-4,7-9H,5-6H2,(H,24,26)/b16-7+. The van der Waals surface area contributed by atoms with Crippen LogP contribution < -0.4 is 5.32 Å². The van der Waals surface area contributed by atoms with Crippen LogP contribution in [0.4, 0.5) is 5.69 Å². The normalized spacial score (nSPS) is 15.3. The van der Waals surface area contributed by atoms with E-state index in [4.69, 9.17) is 58.6 Å². The van der Waals surface area contributed by atoms with Gasteiger partial charge in [0.25, 0.3) is 5.91 Å². The maximum absolute atomic E-state index is 12.7. The summed E-state index contributed by atoms with van der Waals surface area (Å²) in [6.07, 6.45) is 1.72. The second-order valence-corrected chi connectivity index (χ2v) is 9.20. The van der Waals surface area contributed by atoms with Crippen molar-refractivity contribution in [1.82, 2.24) is 4.90 Å². The molecule has 0 unspecified atom stereocenters. The van der Waals surface area contributed by atoms with Crippen LogP contribution in [-0.4, -0.2) is 27.6 Å². The van der Waals surface area contributed by atoms with E-state index in [1.807, 2.05) is 18.2 Å². The number of hydrogen-bond acceptors (Lipinski definition) is 4. The highest BCUT2D eigenvalue weighted by atomic mass is 35.5. The fourth-order valence-electron chi connectivity index (χ4n) is 2.47. The van der Waals surface area contributed by atoms with Crippen molar-refractivity contribution in [3.05, 3.63) is 67.0 Å². The average molecular weight is 506 g/mol. The number of carbonyl (C=O) groups is 2. The molecule has 0 aliphatic carbocycles. The van der Waals surface area contributed by atoms with Crippen molar-refractivity contribution < 1.29 is 9.59 Å². The Morgan fingerprint density at radius 3 is 2.48 bits per heavy atom.